The van der Waals surface area contributed by atoms with Crippen molar-refractivity contribution in [3.05, 3.63) is 53.5 Å². The van der Waals surface area contributed by atoms with E-state index in [2.05, 4.69) is 5.32 Å². The van der Waals surface area contributed by atoms with E-state index in [9.17, 15) is 13.2 Å². The summed E-state index contributed by atoms with van der Waals surface area (Å²) in [6.45, 7) is 0.817. The minimum atomic E-state index is -4.33. The molecule has 0 aliphatic carbocycles. The van der Waals surface area contributed by atoms with Crippen LogP contribution in [-0.2, 0) is 19.3 Å². The molecule has 0 saturated heterocycles. The van der Waals surface area contributed by atoms with Gasteiger partial charge < -0.3 is 14.5 Å². The molecule has 2 rings (SSSR count). The number of alkyl halides is 3. The van der Waals surface area contributed by atoms with E-state index < -0.39 is 11.7 Å². The monoisotopic (exact) mass is 285 g/mol. The van der Waals surface area contributed by atoms with Gasteiger partial charge in [-0.1, -0.05) is 0 Å². The largest absolute Gasteiger partial charge is 0.486 e. The first-order chi connectivity index (χ1) is 9.50. The van der Waals surface area contributed by atoms with Crippen LogP contribution in [0.25, 0.3) is 0 Å². The van der Waals surface area contributed by atoms with Crippen molar-refractivity contribution in [3.63, 3.8) is 0 Å². The maximum absolute atomic E-state index is 12.4. The van der Waals surface area contributed by atoms with Gasteiger partial charge in [0.25, 0.3) is 0 Å². The summed E-state index contributed by atoms with van der Waals surface area (Å²) in [6.07, 6.45) is -2.78. The zero-order valence-electron chi connectivity index (χ0n) is 10.8. The topological polar surface area (TPSA) is 34.4 Å². The number of benzene rings is 1. The Hall–Kier alpha value is -1.95. The number of rotatable bonds is 5. The van der Waals surface area contributed by atoms with Gasteiger partial charge in [-0.15, -0.1) is 0 Å². The molecule has 0 fully saturated rings. The van der Waals surface area contributed by atoms with E-state index in [1.54, 1.807) is 6.26 Å². The number of halogens is 3. The summed E-state index contributed by atoms with van der Waals surface area (Å²) in [5.74, 6) is 1.02. The molecule has 0 aliphatic heterocycles. The van der Waals surface area contributed by atoms with Crippen LogP contribution in [0.15, 0.2) is 41.0 Å². The number of furan rings is 1. The van der Waals surface area contributed by atoms with Crippen LogP contribution in [0, 0.1) is 0 Å². The van der Waals surface area contributed by atoms with Gasteiger partial charge >= 0.3 is 6.18 Å². The number of nitrogens with one attached hydrogen (secondary N) is 1. The van der Waals surface area contributed by atoms with E-state index in [1.807, 2.05) is 13.1 Å². The van der Waals surface area contributed by atoms with E-state index in [0.717, 1.165) is 17.7 Å². The van der Waals surface area contributed by atoms with Crippen LogP contribution in [0.2, 0.25) is 0 Å². The lowest BCUT2D eigenvalue weighted by Gasteiger charge is -2.09. The highest BCUT2D eigenvalue weighted by molar-refractivity contribution is 5.29. The summed E-state index contributed by atoms with van der Waals surface area (Å²) in [4.78, 5) is 0. The molecule has 108 valence electrons. The Bertz CT molecular complexity index is 546. The van der Waals surface area contributed by atoms with Crippen molar-refractivity contribution in [1.29, 1.82) is 0 Å². The van der Waals surface area contributed by atoms with Crippen LogP contribution >= 0.6 is 0 Å². The molecule has 0 unspecified atom stereocenters. The molecule has 2 aromatic rings. The second-order valence-electron chi connectivity index (χ2n) is 4.21. The zero-order valence-corrected chi connectivity index (χ0v) is 10.8. The summed E-state index contributed by atoms with van der Waals surface area (Å²) in [5, 5.41) is 2.99. The molecule has 1 aromatic carbocycles. The number of ether oxygens (including phenoxy) is 1. The molecular formula is C14H14F3NO2. The fraction of sp³-hybridized carbons (Fsp3) is 0.286. The molecular weight excluding hydrogens is 271 g/mol. The van der Waals surface area contributed by atoms with Crippen molar-refractivity contribution < 1.29 is 22.3 Å². The van der Waals surface area contributed by atoms with Gasteiger partial charge in [0.1, 0.15) is 18.1 Å². The number of hydrogen-bond acceptors (Lipinski definition) is 3. The van der Waals surface area contributed by atoms with Gasteiger partial charge in [0, 0.05) is 12.1 Å². The first-order valence-electron chi connectivity index (χ1n) is 6.00. The van der Waals surface area contributed by atoms with Gasteiger partial charge in [0.2, 0.25) is 0 Å². The van der Waals surface area contributed by atoms with Gasteiger partial charge in [-0.05, 0) is 37.4 Å². The highest BCUT2D eigenvalue weighted by Gasteiger charge is 2.30. The lowest BCUT2D eigenvalue weighted by atomic mass is 10.2. The van der Waals surface area contributed by atoms with E-state index >= 15 is 0 Å². The lowest BCUT2D eigenvalue weighted by molar-refractivity contribution is -0.137. The minimum Gasteiger partial charge on any atom is -0.486 e. The van der Waals surface area contributed by atoms with E-state index in [0.29, 0.717) is 18.1 Å². The van der Waals surface area contributed by atoms with Gasteiger partial charge in [-0.2, -0.15) is 13.2 Å². The molecule has 6 heteroatoms. The average Bonchev–Trinajstić information content (AvgIpc) is 2.84. The molecule has 3 nitrogen and oxygen atoms in total. The van der Waals surface area contributed by atoms with E-state index in [-0.39, 0.29) is 6.61 Å². The van der Waals surface area contributed by atoms with Crippen molar-refractivity contribution in [2.75, 3.05) is 7.05 Å². The van der Waals surface area contributed by atoms with Gasteiger partial charge in [-0.3, -0.25) is 0 Å². The summed E-state index contributed by atoms with van der Waals surface area (Å²) < 4.78 is 47.9. The van der Waals surface area contributed by atoms with E-state index in [4.69, 9.17) is 9.15 Å². The predicted octanol–water partition coefficient (Wildman–Crippen LogP) is 3.60. The standard InChI is InChI=1S/C14H14F3NO2/c1-18-8-10-6-7-19-13(10)9-20-12-4-2-11(3-5-12)14(15,16)17/h2-7,18H,8-9H2,1H3. The molecule has 20 heavy (non-hydrogen) atoms. The molecule has 0 spiro atoms. The zero-order chi connectivity index (χ0) is 14.6. The second-order valence-corrected chi connectivity index (χ2v) is 4.21. The lowest BCUT2D eigenvalue weighted by Crippen LogP contribution is -2.07. The first-order valence-corrected chi connectivity index (χ1v) is 6.00. The summed E-state index contributed by atoms with van der Waals surface area (Å²) in [7, 11) is 1.81. The Balaban J connectivity index is 1.99. The molecule has 0 saturated carbocycles. The van der Waals surface area contributed by atoms with Gasteiger partial charge in [-0.25, -0.2) is 0 Å². The number of hydrogen-bond donors (Lipinski definition) is 1. The van der Waals surface area contributed by atoms with Crippen molar-refractivity contribution >= 4 is 0 Å². The van der Waals surface area contributed by atoms with Crippen LogP contribution < -0.4 is 10.1 Å². The molecule has 1 N–H and O–H groups in total. The fourth-order valence-corrected chi connectivity index (χ4v) is 1.73. The van der Waals surface area contributed by atoms with Gasteiger partial charge in [0.05, 0.1) is 11.8 Å². The molecule has 0 atom stereocenters. The normalized spacial score (nSPS) is 11.6. The molecule has 0 amide bonds. The maximum Gasteiger partial charge on any atom is 0.416 e. The third-order valence-corrected chi connectivity index (χ3v) is 2.76. The third-order valence-electron chi connectivity index (χ3n) is 2.76. The van der Waals surface area contributed by atoms with E-state index in [1.165, 1.54) is 12.1 Å². The fourth-order valence-electron chi connectivity index (χ4n) is 1.73. The van der Waals surface area contributed by atoms with Crippen molar-refractivity contribution in [2.45, 2.75) is 19.3 Å². The van der Waals surface area contributed by atoms with Crippen LogP contribution in [0.5, 0.6) is 5.75 Å². The van der Waals surface area contributed by atoms with Gasteiger partial charge in [0.15, 0.2) is 0 Å². The maximum atomic E-state index is 12.4. The minimum absolute atomic E-state index is 0.176. The molecule has 0 bridgehead atoms. The first kappa shape index (κ1) is 14.5. The van der Waals surface area contributed by atoms with Crippen LogP contribution in [0.4, 0.5) is 13.2 Å². The Morgan fingerprint density at radius 2 is 1.85 bits per heavy atom. The van der Waals surface area contributed by atoms with Crippen molar-refractivity contribution in [1.82, 2.24) is 5.32 Å². The highest BCUT2D eigenvalue weighted by atomic mass is 19.4. The molecule has 0 aliphatic rings. The Labute approximate surface area is 114 Å². The smallest absolute Gasteiger partial charge is 0.416 e. The van der Waals surface area contributed by atoms with Crippen LogP contribution in [-0.4, -0.2) is 7.05 Å². The van der Waals surface area contributed by atoms with Crippen LogP contribution in [0.1, 0.15) is 16.9 Å². The Morgan fingerprint density at radius 3 is 2.45 bits per heavy atom. The Kier molecular flexibility index (Phi) is 4.34. The predicted molar refractivity (Wildman–Crippen MR) is 67.2 cm³/mol. The molecule has 1 heterocycles. The summed E-state index contributed by atoms with van der Waals surface area (Å²) in [6, 6.07) is 6.40. The Morgan fingerprint density at radius 1 is 1.15 bits per heavy atom. The SMILES string of the molecule is CNCc1ccoc1COc1ccc(C(F)(F)F)cc1. The third kappa shape index (κ3) is 3.54. The highest BCUT2D eigenvalue weighted by Crippen LogP contribution is 2.30. The summed E-state index contributed by atoms with van der Waals surface area (Å²) >= 11 is 0. The average molecular weight is 285 g/mol. The summed E-state index contributed by atoms with van der Waals surface area (Å²) in [5.41, 5.74) is 0.262. The quantitative estimate of drug-likeness (QED) is 0.911. The van der Waals surface area contributed by atoms with Crippen molar-refractivity contribution in [2.24, 2.45) is 0 Å². The van der Waals surface area contributed by atoms with Crippen LogP contribution in [0.3, 0.4) is 0 Å². The molecule has 1 aromatic heterocycles. The molecule has 0 radical (unpaired) electrons. The van der Waals surface area contributed by atoms with Crippen molar-refractivity contribution in [3.8, 4) is 5.75 Å². The second kappa shape index (κ2) is 6.00.